The molecule has 0 aliphatic carbocycles. The number of nitrogens with zero attached hydrogens (tertiary/aromatic N) is 2. The SMILES string of the molecule is Cc1cccc(C(=O)N2CCC3(CC2)OC[C@H](C(=O)N[C@H](C)c2ccccc2)N3C(=O)c2ccc(F)cc2)c1. The smallest absolute Gasteiger partial charge is 0.256 e. The first-order chi connectivity index (χ1) is 18.8. The van der Waals surface area contributed by atoms with Crippen LogP contribution >= 0.6 is 0 Å². The maximum Gasteiger partial charge on any atom is 0.256 e. The number of halogens is 1. The Morgan fingerprint density at radius 3 is 2.28 bits per heavy atom. The van der Waals surface area contributed by atoms with Crippen molar-refractivity contribution in [2.24, 2.45) is 0 Å². The number of aryl methyl sites for hydroxylation is 1. The minimum Gasteiger partial charge on any atom is -0.353 e. The van der Waals surface area contributed by atoms with Gasteiger partial charge in [-0.25, -0.2) is 4.39 Å². The van der Waals surface area contributed by atoms with Gasteiger partial charge in [0.15, 0.2) is 0 Å². The molecule has 0 aromatic heterocycles. The Balaban J connectivity index is 1.38. The lowest BCUT2D eigenvalue weighted by molar-refractivity contribution is -0.128. The van der Waals surface area contributed by atoms with Gasteiger partial charge in [0.05, 0.1) is 12.6 Å². The second kappa shape index (κ2) is 11.0. The molecule has 1 N–H and O–H groups in total. The molecule has 3 aromatic carbocycles. The first kappa shape index (κ1) is 26.6. The summed E-state index contributed by atoms with van der Waals surface area (Å²) in [4.78, 5) is 43.8. The molecular weight excluding hydrogens is 497 g/mol. The number of hydrogen-bond acceptors (Lipinski definition) is 4. The molecule has 39 heavy (non-hydrogen) atoms. The normalized spacial score (nSPS) is 19.1. The molecule has 202 valence electrons. The van der Waals surface area contributed by atoms with Gasteiger partial charge in [-0.05, 0) is 55.8 Å². The van der Waals surface area contributed by atoms with E-state index in [1.165, 1.54) is 29.2 Å². The molecule has 0 saturated carbocycles. The fourth-order valence-electron chi connectivity index (χ4n) is 5.45. The summed E-state index contributed by atoms with van der Waals surface area (Å²) in [6.45, 7) is 4.60. The number of hydrogen-bond donors (Lipinski definition) is 1. The number of nitrogens with one attached hydrogen (secondary N) is 1. The molecule has 2 fully saturated rings. The molecule has 1 spiro atoms. The fraction of sp³-hybridized carbons (Fsp3) is 0.323. The highest BCUT2D eigenvalue weighted by Crippen LogP contribution is 2.39. The molecule has 2 aliphatic heterocycles. The van der Waals surface area contributed by atoms with Crippen molar-refractivity contribution < 1.29 is 23.5 Å². The van der Waals surface area contributed by atoms with Crippen molar-refractivity contribution in [1.29, 1.82) is 0 Å². The number of carbonyl (C=O) groups is 3. The van der Waals surface area contributed by atoms with Crippen molar-refractivity contribution >= 4 is 17.7 Å². The van der Waals surface area contributed by atoms with E-state index in [2.05, 4.69) is 5.32 Å². The van der Waals surface area contributed by atoms with Crippen LogP contribution in [-0.4, -0.2) is 59.0 Å². The molecule has 5 rings (SSSR count). The number of carbonyl (C=O) groups excluding carboxylic acids is 3. The Morgan fingerprint density at radius 2 is 1.62 bits per heavy atom. The van der Waals surface area contributed by atoms with E-state index in [-0.39, 0.29) is 30.0 Å². The summed E-state index contributed by atoms with van der Waals surface area (Å²) < 4.78 is 19.9. The summed E-state index contributed by atoms with van der Waals surface area (Å²) >= 11 is 0. The van der Waals surface area contributed by atoms with Crippen molar-refractivity contribution in [2.75, 3.05) is 19.7 Å². The summed E-state index contributed by atoms with van der Waals surface area (Å²) in [5, 5.41) is 3.02. The third-order valence-electron chi connectivity index (χ3n) is 7.63. The molecule has 3 aromatic rings. The van der Waals surface area contributed by atoms with Crippen LogP contribution in [0.4, 0.5) is 4.39 Å². The summed E-state index contributed by atoms with van der Waals surface area (Å²) in [7, 11) is 0. The molecule has 2 aliphatic rings. The van der Waals surface area contributed by atoms with E-state index in [0.29, 0.717) is 31.5 Å². The van der Waals surface area contributed by atoms with Crippen molar-refractivity contribution in [3.05, 3.63) is 107 Å². The highest BCUT2D eigenvalue weighted by Gasteiger charge is 2.54. The molecule has 0 bridgehead atoms. The van der Waals surface area contributed by atoms with E-state index in [1.54, 1.807) is 11.0 Å². The van der Waals surface area contributed by atoms with Gasteiger partial charge >= 0.3 is 0 Å². The van der Waals surface area contributed by atoms with Crippen LogP contribution < -0.4 is 5.32 Å². The summed E-state index contributed by atoms with van der Waals surface area (Å²) in [6, 6.07) is 21.2. The van der Waals surface area contributed by atoms with Gasteiger partial charge < -0.3 is 15.0 Å². The molecule has 7 nitrogen and oxygen atoms in total. The van der Waals surface area contributed by atoms with Crippen LogP contribution in [0.15, 0.2) is 78.9 Å². The van der Waals surface area contributed by atoms with Gasteiger partial charge in [0, 0.05) is 37.1 Å². The Bertz CT molecular complexity index is 1350. The Labute approximate surface area is 227 Å². The lowest BCUT2D eigenvalue weighted by Crippen LogP contribution is -2.60. The summed E-state index contributed by atoms with van der Waals surface area (Å²) in [5.41, 5.74) is 1.78. The number of rotatable bonds is 5. The zero-order valence-electron chi connectivity index (χ0n) is 22.1. The maximum absolute atomic E-state index is 13.8. The standard InChI is InChI=1S/C31H32FN3O4/c1-21-7-6-10-25(19-21)29(37)34-17-15-31(16-18-34)35(30(38)24-11-13-26(32)14-12-24)27(20-39-31)28(36)33-22(2)23-8-4-3-5-9-23/h3-14,19,22,27H,15-18,20H2,1-2H3,(H,33,36)/t22-,27-/m1/s1. The van der Waals surface area contributed by atoms with Gasteiger partial charge in [0.2, 0.25) is 5.91 Å². The molecule has 0 radical (unpaired) electrons. The fourth-order valence-corrected chi connectivity index (χ4v) is 5.45. The number of ether oxygens (including phenoxy) is 1. The highest BCUT2D eigenvalue weighted by atomic mass is 19.1. The Hall–Kier alpha value is -4.04. The highest BCUT2D eigenvalue weighted by molar-refractivity contribution is 5.98. The number of likely N-dealkylation sites (tertiary alicyclic amines) is 1. The van der Waals surface area contributed by atoms with E-state index in [0.717, 1.165) is 11.1 Å². The van der Waals surface area contributed by atoms with Crippen molar-refractivity contribution in [3.63, 3.8) is 0 Å². The van der Waals surface area contributed by atoms with Gasteiger partial charge in [0.25, 0.3) is 11.8 Å². The zero-order valence-corrected chi connectivity index (χ0v) is 22.1. The van der Waals surface area contributed by atoms with E-state index < -0.39 is 23.5 Å². The topological polar surface area (TPSA) is 79.0 Å². The second-order valence-electron chi connectivity index (χ2n) is 10.3. The number of piperidine rings is 1. The van der Waals surface area contributed by atoms with Crippen LogP contribution in [0.25, 0.3) is 0 Å². The van der Waals surface area contributed by atoms with Crippen molar-refractivity contribution in [1.82, 2.24) is 15.1 Å². The van der Waals surface area contributed by atoms with E-state index in [9.17, 15) is 18.8 Å². The minimum atomic E-state index is -1.05. The molecule has 2 atom stereocenters. The zero-order chi connectivity index (χ0) is 27.6. The molecule has 8 heteroatoms. The van der Waals surface area contributed by atoms with Crippen LogP contribution in [0, 0.1) is 12.7 Å². The predicted molar refractivity (Wildman–Crippen MR) is 144 cm³/mol. The third kappa shape index (κ3) is 5.43. The van der Waals surface area contributed by atoms with Crippen molar-refractivity contribution in [2.45, 2.75) is 44.5 Å². The van der Waals surface area contributed by atoms with E-state index in [1.807, 2.05) is 62.4 Å². The van der Waals surface area contributed by atoms with Gasteiger partial charge in [-0.15, -0.1) is 0 Å². The summed E-state index contributed by atoms with van der Waals surface area (Å²) in [5.74, 6) is -1.25. The minimum absolute atomic E-state index is 0.0338. The average Bonchev–Trinajstić information content (AvgIpc) is 3.32. The lowest BCUT2D eigenvalue weighted by Gasteiger charge is -2.44. The maximum atomic E-state index is 13.8. The molecular formula is C31H32FN3O4. The van der Waals surface area contributed by atoms with Gasteiger partial charge in [-0.1, -0.05) is 48.0 Å². The molecule has 0 unspecified atom stereocenters. The lowest BCUT2D eigenvalue weighted by atomic mass is 9.95. The number of benzene rings is 3. The number of amides is 3. The van der Waals surface area contributed by atoms with E-state index in [4.69, 9.17) is 4.74 Å². The van der Waals surface area contributed by atoms with Gasteiger partial charge in [-0.2, -0.15) is 0 Å². The van der Waals surface area contributed by atoms with E-state index >= 15 is 0 Å². The summed E-state index contributed by atoms with van der Waals surface area (Å²) in [6.07, 6.45) is 0.713. The van der Waals surface area contributed by atoms with Crippen LogP contribution in [0.3, 0.4) is 0 Å². The Kier molecular flexibility index (Phi) is 7.48. The van der Waals surface area contributed by atoms with Crippen LogP contribution in [-0.2, 0) is 9.53 Å². The monoisotopic (exact) mass is 529 g/mol. The van der Waals surface area contributed by atoms with Crippen LogP contribution in [0.2, 0.25) is 0 Å². The third-order valence-corrected chi connectivity index (χ3v) is 7.63. The van der Waals surface area contributed by atoms with Crippen LogP contribution in [0.1, 0.15) is 57.7 Å². The first-order valence-corrected chi connectivity index (χ1v) is 13.2. The largest absolute Gasteiger partial charge is 0.353 e. The van der Waals surface area contributed by atoms with Crippen LogP contribution in [0.5, 0.6) is 0 Å². The average molecular weight is 530 g/mol. The second-order valence-corrected chi connectivity index (χ2v) is 10.3. The molecule has 2 saturated heterocycles. The van der Waals surface area contributed by atoms with Crippen molar-refractivity contribution in [3.8, 4) is 0 Å². The molecule has 2 heterocycles. The Morgan fingerprint density at radius 1 is 0.923 bits per heavy atom. The van der Waals surface area contributed by atoms with Gasteiger partial charge in [-0.3, -0.25) is 19.3 Å². The molecule has 3 amide bonds. The first-order valence-electron chi connectivity index (χ1n) is 13.2. The van der Waals surface area contributed by atoms with Gasteiger partial charge in [0.1, 0.15) is 17.6 Å². The predicted octanol–water partition coefficient (Wildman–Crippen LogP) is 4.49. The quantitative estimate of drug-likeness (QED) is 0.529.